The Bertz CT molecular complexity index is 343. The van der Waals surface area contributed by atoms with Crippen molar-refractivity contribution in [1.29, 1.82) is 0 Å². The van der Waals surface area contributed by atoms with Crippen LogP contribution >= 0.6 is 24.4 Å². The average Bonchev–Trinajstić information content (AvgIpc) is 2.71. The van der Waals surface area contributed by atoms with E-state index in [1.165, 1.54) is 0 Å². The summed E-state index contributed by atoms with van der Waals surface area (Å²) in [7, 11) is 0. The Morgan fingerprint density at radius 1 is 1.65 bits per heavy atom. The molecule has 0 spiro atoms. The molecule has 0 saturated heterocycles. The van der Waals surface area contributed by atoms with E-state index in [0.29, 0.717) is 11.3 Å². The highest BCUT2D eigenvalue weighted by atomic mass is 32.2. The molecule has 0 radical (unpaired) electrons. The number of hydrogen-bond acceptors (Lipinski definition) is 5. The molecule has 17 heavy (non-hydrogen) atoms. The maximum atomic E-state index is 9.66. The molecule has 1 saturated carbocycles. The Morgan fingerprint density at radius 3 is 3.12 bits per heavy atom. The SMILES string of the molecule is CC(=NC(C)CS)C1=NC2CCC(O)CC2S1. The number of rotatable bonds is 3. The summed E-state index contributed by atoms with van der Waals surface area (Å²) < 4.78 is 0. The molecular weight excluding hydrogens is 252 g/mol. The summed E-state index contributed by atoms with van der Waals surface area (Å²) in [6.45, 7) is 4.09. The van der Waals surface area contributed by atoms with E-state index < -0.39 is 0 Å². The van der Waals surface area contributed by atoms with Crippen molar-refractivity contribution < 1.29 is 5.11 Å². The molecule has 1 heterocycles. The van der Waals surface area contributed by atoms with E-state index in [2.05, 4.69) is 24.5 Å². The zero-order chi connectivity index (χ0) is 12.4. The number of nitrogens with zero attached hydrogens (tertiary/aromatic N) is 2. The van der Waals surface area contributed by atoms with Gasteiger partial charge in [-0.2, -0.15) is 12.6 Å². The second-order valence-corrected chi connectivity index (χ2v) is 6.46. The lowest BCUT2D eigenvalue weighted by Crippen LogP contribution is -2.30. The molecule has 1 aliphatic heterocycles. The monoisotopic (exact) mass is 272 g/mol. The summed E-state index contributed by atoms with van der Waals surface area (Å²) in [5.74, 6) is 0.765. The summed E-state index contributed by atoms with van der Waals surface area (Å²) in [4.78, 5) is 9.33. The predicted molar refractivity (Wildman–Crippen MR) is 78.9 cm³/mol. The third-order valence-electron chi connectivity index (χ3n) is 3.26. The molecule has 2 aliphatic rings. The summed E-state index contributed by atoms with van der Waals surface area (Å²) in [6, 6.07) is 0.643. The van der Waals surface area contributed by atoms with E-state index in [9.17, 15) is 5.11 Å². The smallest absolute Gasteiger partial charge is 0.112 e. The highest BCUT2D eigenvalue weighted by molar-refractivity contribution is 8.16. The van der Waals surface area contributed by atoms with Crippen molar-refractivity contribution in [3.05, 3.63) is 0 Å². The van der Waals surface area contributed by atoms with Crippen LogP contribution < -0.4 is 0 Å². The maximum Gasteiger partial charge on any atom is 0.112 e. The normalized spacial score (nSPS) is 35.4. The highest BCUT2D eigenvalue weighted by Gasteiger charge is 2.36. The van der Waals surface area contributed by atoms with Crippen molar-refractivity contribution in [2.24, 2.45) is 9.98 Å². The number of thioether (sulfide) groups is 1. The fraction of sp³-hybridized carbons (Fsp3) is 0.833. The zero-order valence-electron chi connectivity index (χ0n) is 10.3. The molecule has 0 aromatic carbocycles. The first kappa shape index (κ1) is 13.4. The van der Waals surface area contributed by atoms with Crippen molar-refractivity contribution >= 4 is 35.1 Å². The Balaban J connectivity index is 2.02. The Kier molecular flexibility index (Phi) is 4.55. The molecule has 0 bridgehead atoms. The summed E-state index contributed by atoms with van der Waals surface area (Å²) >= 11 is 6.03. The summed E-state index contributed by atoms with van der Waals surface area (Å²) in [5, 5.41) is 11.2. The van der Waals surface area contributed by atoms with Gasteiger partial charge in [-0.15, -0.1) is 0 Å². The first-order valence-corrected chi connectivity index (χ1v) is 7.69. The fourth-order valence-corrected chi connectivity index (χ4v) is 3.76. The second kappa shape index (κ2) is 5.76. The van der Waals surface area contributed by atoms with Gasteiger partial charge in [0, 0.05) is 11.0 Å². The van der Waals surface area contributed by atoms with E-state index in [4.69, 9.17) is 4.99 Å². The maximum absolute atomic E-state index is 9.66. The van der Waals surface area contributed by atoms with Gasteiger partial charge in [-0.05, 0) is 33.1 Å². The van der Waals surface area contributed by atoms with Crippen molar-refractivity contribution in [1.82, 2.24) is 0 Å². The molecule has 3 nitrogen and oxygen atoms in total. The third kappa shape index (κ3) is 3.26. The van der Waals surface area contributed by atoms with Gasteiger partial charge in [-0.1, -0.05) is 11.8 Å². The lowest BCUT2D eigenvalue weighted by Gasteiger charge is -2.26. The first-order chi connectivity index (χ1) is 8.10. The van der Waals surface area contributed by atoms with Crippen LogP contribution in [0.15, 0.2) is 9.98 Å². The summed E-state index contributed by atoms with van der Waals surface area (Å²) in [5.41, 5.74) is 1.03. The van der Waals surface area contributed by atoms with Crippen LogP contribution in [0.1, 0.15) is 33.1 Å². The molecule has 0 amide bonds. The van der Waals surface area contributed by atoms with Gasteiger partial charge in [0.15, 0.2) is 0 Å². The molecule has 1 fully saturated rings. The van der Waals surface area contributed by atoms with E-state index in [1.807, 2.05) is 6.92 Å². The second-order valence-electron chi connectivity index (χ2n) is 4.87. The number of hydrogen-bond donors (Lipinski definition) is 2. The van der Waals surface area contributed by atoms with Crippen LogP contribution in [0.4, 0.5) is 0 Å². The molecule has 5 heteroatoms. The van der Waals surface area contributed by atoms with Gasteiger partial charge in [-0.25, -0.2) is 0 Å². The van der Waals surface area contributed by atoms with E-state index in [0.717, 1.165) is 35.8 Å². The fourth-order valence-electron chi connectivity index (χ4n) is 2.30. The average molecular weight is 272 g/mol. The molecule has 2 rings (SSSR count). The third-order valence-corrected chi connectivity index (χ3v) is 5.22. The zero-order valence-corrected chi connectivity index (χ0v) is 12.0. The van der Waals surface area contributed by atoms with E-state index >= 15 is 0 Å². The van der Waals surface area contributed by atoms with Crippen molar-refractivity contribution in [3.8, 4) is 0 Å². The molecule has 1 N–H and O–H groups in total. The van der Waals surface area contributed by atoms with Gasteiger partial charge in [-0.3, -0.25) is 9.98 Å². The number of fused-ring (bicyclic) bond motifs is 1. The van der Waals surface area contributed by atoms with Crippen LogP contribution in [0.25, 0.3) is 0 Å². The Labute approximate surface area is 113 Å². The minimum absolute atomic E-state index is 0.132. The van der Waals surface area contributed by atoms with Gasteiger partial charge >= 0.3 is 0 Å². The Morgan fingerprint density at radius 2 is 2.41 bits per heavy atom. The van der Waals surface area contributed by atoms with Gasteiger partial charge in [0.2, 0.25) is 0 Å². The molecular formula is C12H20N2OS2. The highest BCUT2D eigenvalue weighted by Crippen LogP contribution is 2.37. The summed E-state index contributed by atoms with van der Waals surface area (Å²) in [6.07, 6.45) is 2.64. The van der Waals surface area contributed by atoms with Gasteiger partial charge in [0.25, 0.3) is 0 Å². The van der Waals surface area contributed by atoms with Crippen LogP contribution in [0.3, 0.4) is 0 Å². The van der Waals surface area contributed by atoms with Gasteiger partial charge in [0.1, 0.15) is 5.04 Å². The van der Waals surface area contributed by atoms with Crippen LogP contribution in [0.5, 0.6) is 0 Å². The molecule has 96 valence electrons. The number of aliphatic hydroxyl groups excluding tert-OH is 1. The number of aliphatic hydroxyl groups is 1. The van der Waals surface area contributed by atoms with Gasteiger partial charge in [0.05, 0.1) is 23.9 Å². The molecule has 1 aliphatic carbocycles. The minimum atomic E-state index is -0.132. The standard InChI is InChI=1S/C12H20N2OS2/c1-7(6-16)13-8(2)12-14-10-4-3-9(15)5-11(10)17-12/h7,9-11,15-16H,3-6H2,1-2H3. The number of aliphatic imine (C=N–C) groups is 2. The lowest BCUT2D eigenvalue weighted by atomic mass is 9.93. The van der Waals surface area contributed by atoms with Crippen molar-refractivity contribution in [2.45, 2.75) is 56.5 Å². The molecule has 4 unspecified atom stereocenters. The Hall–Kier alpha value is -0.0000000000000000555. The molecule has 4 atom stereocenters. The predicted octanol–water partition coefficient (Wildman–Crippen LogP) is 2.19. The quantitative estimate of drug-likeness (QED) is 0.611. The van der Waals surface area contributed by atoms with Crippen LogP contribution in [0.2, 0.25) is 0 Å². The topological polar surface area (TPSA) is 45.0 Å². The minimum Gasteiger partial charge on any atom is -0.393 e. The van der Waals surface area contributed by atoms with Gasteiger partial charge < -0.3 is 5.11 Å². The van der Waals surface area contributed by atoms with Crippen molar-refractivity contribution in [3.63, 3.8) is 0 Å². The molecule has 0 aromatic rings. The van der Waals surface area contributed by atoms with Crippen LogP contribution in [-0.2, 0) is 0 Å². The lowest BCUT2D eigenvalue weighted by molar-refractivity contribution is 0.127. The molecule has 0 aromatic heterocycles. The van der Waals surface area contributed by atoms with E-state index in [-0.39, 0.29) is 12.1 Å². The van der Waals surface area contributed by atoms with Crippen molar-refractivity contribution in [2.75, 3.05) is 5.75 Å². The number of thiol groups is 1. The van der Waals surface area contributed by atoms with E-state index in [1.54, 1.807) is 11.8 Å². The van der Waals surface area contributed by atoms with Crippen LogP contribution in [0, 0.1) is 0 Å². The first-order valence-electron chi connectivity index (χ1n) is 6.18. The van der Waals surface area contributed by atoms with Crippen LogP contribution in [-0.4, -0.2) is 45.1 Å². The largest absolute Gasteiger partial charge is 0.393 e.